The molecule has 0 aromatic heterocycles. The van der Waals surface area contributed by atoms with E-state index in [1.54, 1.807) is 18.2 Å². The summed E-state index contributed by atoms with van der Waals surface area (Å²) in [6.07, 6.45) is -0.779. The van der Waals surface area contributed by atoms with Crippen molar-refractivity contribution in [3.63, 3.8) is 0 Å². The van der Waals surface area contributed by atoms with Crippen molar-refractivity contribution in [3.05, 3.63) is 62.8 Å². The van der Waals surface area contributed by atoms with E-state index in [0.29, 0.717) is 15.7 Å². The SMILES string of the molecule is O=C(Nc1ccc(Cl)c(Cl)c1)C1CC(c2c(F)cccc2Cl)=NO1. The van der Waals surface area contributed by atoms with Crippen LogP contribution in [0.3, 0.4) is 0 Å². The number of benzene rings is 2. The Morgan fingerprint density at radius 1 is 1.17 bits per heavy atom. The number of anilines is 1. The van der Waals surface area contributed by atoms with Crippen LogP contribution >= 0.6 is 34.8 Å². The fourth-order valence-corrected chi connectivity index (χ4v) is 2.81. The van der Waals surface area contributed by atoms with Crippen LogP contribution in [-0.2, 0) is 9.63 Å². The summed E-state index contributed by atoms with van der Waals surface area (Å²) in [4.78, 5) is 17.4. The summed E-state index contributed by atoms with van der Waals surface area (Å²) in [7, 11) is 0. The van der Waals surface area contributed by atoms with Crippen LogP contribution in [0.25, 0.3) is 0 Å². The molecule has 0 aliphatic carbocycles. The summed E-state index contributed by atoms with van der Waals surface area (Å²) in [5, 5.41) is 7.34. The molecule has 0 saturated carbocycles. The third kappa shape index (κ3) is 3.48. The first-order valence-corrected chi connectivity index (χ1v) is 8.02. The Balaban J connectivity index is 1.70. The van der Waals surface area contributed by atoms with Crippen molar-refractivity contribution in [3.8, 4) is 0 Å². The van der Waals surface area contributed by atoms with E-state index < -0.39 is 17.8 Å². The zero-order valence-electron chi connectivity index (χ0n) is 12.0. The molecule has 1 aliphatic heterocycles. The Labute approximate surface area is 152 Å². The zero-order chi connectivity index (χ0) is 17.3. The molecule has 0 radical (unpaired) electrons. The molecule has 1 heterocycles. The standard InChI is InChI=1S/C16H10Cl3FN2O2/c17-9-5-4-8(6-11(9)19)21-16(23)14-7-13(22-24-14)15-10(18)2-1-3-12(15)20/h1-6,14H,7H2,(H,21,23). The van der Waals surface area contributed by atoms with Gasteiger partial charge in [-0.3, -0.25) is 4.79 Å². The van der Waals surface area contributed by atoms with Crippen LogP contribution in [0.2, 0.25) is 15.1 Å². The number of rotatable bonds is 3. The largest absolute Gasteiger partial charge is 0.382 e. The van der Waals surface area contributed by atoms with Crippen LogP contribution in [0.5, 0.6) is 0 Å². The number of carbonyl (C=O) groups excluding carboxylic acids is 1. The van der Waals surface area contributed by atoms with Gasteiger partial charge in [0.25, 0.3) is 5.91 Å². The van der Waals surface area contributed by atoms with E-state index in [1.807, 2.05) is 0 Å². The summed E-state index contributed by atoms with van der Waals surface area (Å²) in [5.74, 6) is -0.949. The Morgan fingerprint density at radius 3 is 2.67 bits per heavy atom. The lowest BCUT2D eigenvalue weighted by atomic mass is 10.0. The van der Waals surface area contributed by atoms with Gasteiger partial charge < -0.3 is 10.2 Å². The number of amides is 1. The zero-order valence-corrected chi connectivity index (χ0v) is 14.3. The van der Waals surface area contributed by atoms with E-state index in [1.165, 1.54) is 18.2 Å². The van der Waals surface area contributed by atoms with Crippen LogP contribution in [-0.4, -0.2) is 17.7 Å². The smallest absolute Gasteiger partial charge is 0.268 e. The van der Waals surface area contributed by atoms with Gasteiger partial charge in [-0.05, 0) is 30.3 Å². The van der Waals surface area contributed by atoms with Crippen molar-refractivity contribution in [2.45, 2.75) is 12.5 Å². The molecule has 0 bridgehead atoms. The van der Waals surface area contributed by atoms with Gasteiger partial charge in [0, 0.05) is 12.1 Å². The monoisotopic (exact) mass is 386 g/mol. The fraction of sp³-hybridized carbons (Fsp3) is 0.125. The highest BCUT2D eigenvalue weighted by molar-refractivity contribution is 6.42. The maximum absolute atomic E-state index is 13.9. The third-order valence-corrected chi connectivity index (χ3v) is 4.45. The van der Waals surface area contributed by atoms with E-state index in [4.69, 9.17) is 39.6 Å². The van der Waals surface area contributed by atoms with Gasteiger partial charge in [0.1, 0.15) is 5.82 Å². The molecule has 24 heavy (non-hydrogen) atoms. The normalized spacial score (nSPS) is 16.5. The molecule has 1 amide bonds. The Bertz CT molecular complexity index is 822. The Kier molecular flexibility index (Phi) is 4.94. The second-order valence-electron chi connectivity index (χ2n) is 5.05. The van der Waals surface area contributed by atoms with Crippen molar-refractivity contribution in [2.24, 2.45) is 5.16 Å². The second kappa shape index (κ2) is 6.97. The number of carbonyl (C=O) groups is 1. The minimum absolute atomic E-state index is 0.105. The van der Waals surface area contributed by atoms with Crippen LogP contribution in [0, 0.1) is 5.82 Å². The molecular formula is C16H10Cl3FN2O2. The summed E-state index contributed by atoms with van der Waals surface area (Å²) >= 11 is 17.7. The van der Waals surface area contributed by atoms with Gasteiger partial charge in [-0.1, -0.05) is 46.0 Å². The molecule has 1 N–H and O–H groups in total. The average Bonchev–Trinajstić information content (AvgIpc) is 3.00. The second-order valence-corrected chi connectivity index (χ2v) is 6.27. The molecule has 4 nitrogen and oxygen atoms in total. The topological polar surface area (TPSA) is 50.7 Å². The van der Waals surface area contributed by atoms with Gasteiger partial charge in [0.05, 0.1) is 26.3 Å². The van der Waals surface area contributed by atoms with Gasteiger partial charge >= 0.3 is 0 Å². The van der Waals surface area contributed by atoms with Crippen molar-refractivity contribution >= 4 is 52.1 Å². The van der Waals surface area contributed by atoms with Gasteiger partial charge in [0.15, 0.2) is 0 Å². The third-order valence-electron chi connectivity index (χ3n) is 3.40. The van der Waals surface area contributed by atoms with Crippen LogP contribution in [0.15, 0.2) is 41.6 Å². The summed E-state index contributed by atoms with van der Waals surface area (Å²) < 4.78 is 13.9. The number of hydrogen-bond donors (Lipinski definition) is 1. The maximum Gasteiger partial charge on any atom is 0.268 e. The summed E-state index contributed by atoms with van der Waals surface area (Å²) in [6.45, 7) is 0. The highest BCUT2D eigenvalue weighted by Crippen LogP contribution is 2.27. The highest BCUT2D eigenvalue weighted by atomic mass is 35.5. The molecule has 124 valence electrons. The lowest BCUT2D eigenvalue weighted by molar-refractivity contribution is -0.125. The Morgan fingerprint density at radius 2 is 1.96 bits per heavy atom. The molecule has 1 atom stereocenters. The molecule has 2 aromatic carbocycles. The molecule has 0 saturated heterocycles. The van der Waals surface area contributed by atoms with Crippen LogP contribution in [0.1, 0.15) is 12.0 Å². The number of nitrogens with one attached hydrogen (secondary N) is 1. The van der Waals surface area contributed by atoms with Gasteiger partial charge in [0.2, 0.25) is 6.10 Å². The first-order valence-electron chi connectivity index (χ1n) is 6.88. The number of nitrogens with zero attached hydrogens (tertiary/aromatic N) is 1. The van der Waals surface area contributed by atoms with Crippen molar-refractivity contribution in [1.29, 1.82) is 0 Å². The lowest BCUT2D eigenvalue weighted by Gasteiger charge is -2.10. The van der Waals surface area contributed by atoms with Gasteiger partial charge in [-0.2, -0.15) is 0 Å². The maximum atomic E-state index is 13.9. The van der Waals surface area contributed by atoms with E-state index in [9.17, 15) is 9.18 Å². The highest BCUT2D eigenvalue weighted by Gasteiger charge is 2.31. The molecule has 0 spiro atoms. The molecule has 1 aliphatic rings. The fourth-order valence-electron chi connectivity index (χ4n) is 2.24. The van der Waals surface area contributed by atoms with E-state index >= 15 is 0 Å². The number of oxime groups is 1. The van der Waals surface area contributed by atoms with Crippen molar-refractivity contribution < 1.29 is 14.0 Å². The predicted octanol–water partition coefficient (Wildman–Crippen LogP) is 4.92. The van der Waals surface area contributed by atoms with Gasteiger partial charge in [-0.15, -0.1) is 0 Å². The number of halogens is 4. The van der Waals surface area contributed by atoms with Crippen molar-refractivity contribution in [1.82, 2.24) is 0 Å². The van der Waals surface area contributed by atoms with Gasteiger partial charge in [-0.25, -0.2) is 4.39 Å². The van der Waals surface area contributed by atoms with E-state index in [0.717, 1.165) is 0 Å². The van der Waals surface area contributed by atoms with Crippen LogP contribution in [0.4, 0.5) is 10.1 Å². The molecule has 0 fully saturated rings. The minimum atomic E-state index is -0.884. The minimum Gasteiger partial charge on any atom is -0.382 e. The number of hydrogen-bond acceptors (Lipinski definition) is 3. The quantitative estimate of drug-likeness (QED) is 0.813. The first kappa shape index (κ1) is 17.0. The summed E-state index contributed by atoms with van der Waals surface area (Å²) in [5.41, 5.74) is 0.895. The van der Waals surface area contributed by atoms with Crippen LogP contribution < -0.4 is 5.32 Å². The molecule has 2 aromatic rings. The predicted molar refractivity (Wildman–Crippen MR) is 92.5 cm³/mol. The lowest BCUT2D eigenvalue weighted by Crippen LogP contribution is -2.28. The summed E-state index contributed by atoms with van der Waals surface area (Å²) in [6, 6.07) is 9.00. The average molecular weight is 388 g/mol. The van der Waals surface area contributed by atoms with E-state index in [-0.39, 0.29) is 22.7 Å². The Hall–Kier alpha value is -1.82. The molecule has 8 heteroatoms. The molecule has 1 unspecified atom stereocenters. The molecular weight excluding hydrogens is 378 g/mol. The molecule has 3 rings (SSSR count). The van der Waals surface area contributed by atoms with E-state index in [2.05, 4.69) is 10.5 Å². The first-order chi connectivity index (χ1) is 11.5. The van der Waals surface area contributed by atoms with Crippen molar-refractivity contribution in [2.75, 3.05) is 5.32 Å².